The monoisotopic (exact) mass is 334 g/mol. The van der Waals surface area contributed by atoms with Crippen LogP contribution in [0.25, 0.3) is 0 Å². The number of hydrogen-bond acceptors (Lipinski definition) is 4. The van der Waals surface area contributed by atoms with Crippen LogP contribution < -0.4 is 5.32 Å². The zero-order chi connectivity index (χ0) is 16.3. The van der Waals surface area contributed by atoms with Crippen LogP contribution in [0.1, 0.15) is 29.6 Å². The minimum Gasteiger partial charge on any atom is -0.481 e. The van der Waals surface area contributed by atoms with Gasteiger partial charge in [0, 0.05) is 24.0 Å². The molecular formula is C13H13F3N2O3S. The van der Waals surface area contributed by atoms with E-state index in [4.69, 9.17) is 5.11 Å². The van der Waals surface area contributed by atoms with Crippen molar-refractivity contribution in [3.8, 4) is 0 Å². The molecule has 1 aromatic heterocycles. The number of nitrogens with one attached hydrogen (secondary N) is 1. The SMILES string of the molecule is O=C(N[C@@H]1CC[C@H](C(=O)O)C1)c1cccnc1SC(F)(F)F. The van der Waals surface area contributed by atoms with E-state index < -0.39 is 40.1 Å². The minimum absolute atomic E-state index is 0.163. The van der Waals surface area contributed by atoms with Gasteiger partial charge in [0.25, 0.3) is 5.91 Å². The van der Waals surface area contributed by atoms with Crippen LogP contribution in [0.15, 0.2) is 23.4 Å². The summed E-state index contributed by atoms with van der Waals surface area (Å²) in [6, 6.07) is 2.29. The molecule has 0 saturated heterocycles. The molecule has 0 unspecified atom stereocenters. The molecule has 2 rings (SSSR count). The van der Waals surface area contributed by atoms with Gasteiger partial charge < -0.3 is 10.4 Å². The average Bonchev–Trinajstić information content (AvgIpc) is 2.86. The number of pyridine rings is 1. The van der Waals surface area contributed by atoms with Crippen molar-refractivity contribution in [2.45, 2.75) is 35.8 Å². The summed E-state index contributed by atoms with van der Waals surface area (Å²) in [6.07, 6.45) is 2.39. The Bertz CT molecular complexity index is 580. The second-order valence-electron chi connectivity index (χ2n) is 4.92. The number of amides is 1. The van der Waals surface area contributed by atoms with E-state index in [-0.39, 0.29) is 18.0 Å². The van der Waals surface area contributed by atoms with Gasteiger partial charge >= 0.3 is 11.5 Å². The number of carbonyl (C=O) groups excluding carboxylic acids is 1. The predicted molar refractivity (Wildman–Crippen MR) is 72.4 cm³/mol. The van der Waals surface area contributed by atoms with Crippen LogP contribution in [-0.2, 0) is 4.79 Å². The Balaban J connectivity index is 2.06. The summed E-state index contributed by atoms with van der Waals surface area (Å²) in [7, 11) is 0. The van der Waals surface area contributed by atoms with E-state index in [0.29, 0.717) is 12.8 Å². The number of thioether (sulfide) groups is 1. The molecule has 1 aliphatic rings. The van der Waals surface area contributed by atoms with Crippen LogP contribution in [0.5, 0.6) is 0 Å². The standard InChI is InChI=1S/C13H13F3N2O3S/c14-13(15,16)22-11-9(2-1-5-17-11)10(19)18-8-4-3-7(6-8)12(20)21/h1-2,5,7-8H,3-4,6H2,(H,18,19)(H,20,21)/t7-,8+/m0/s1. The van der Waals surface area contributed by atoms with E-state index in [9.17, 15) is 22.8 Å². The van der Waals surface area contributed by atoms with Gasteiger partial charge in [-0.25, -0.2) is 4.98 Å². The van der Waals surface area contributed by atoms with Crippen LogP contribution >= 0.6 is 11.8 Å². The van der Waals surface area contributed by atoms with Gasteiger partial charge in [-0.05, 0) is 31.4 Å². The fourth-order valence-electron chi connectivity index (χ4n) is 2.35. The molecule has 9 heteroatoms. The van der Waals surface area contributed by atoms with Crippen LogP contribution in [0.3, 0.4) is 0 Å². The number of alkyl halides is 3. The summed E-state index contributed by atoms with van der Waals surface area (Å²) in [4.78, 5) is 26.6. The molecule has 1 aliphatic carbocycles. The van der Waals surface area contributed by atoms with Crippen LogP contribution in [0.4, 0.5) is 13.2 Å². The number of aliphatic carboxylic acids is 1. The predicted octanol–water partition coefficient (Wildman–Crippen LogP) is 2.68. The van der Waals surface area contributed by atoms with Crippen molar-refractivity contribution in [1.29, 1.82) is 0 Å². The third-order valence-corrected chi connectivity index (χ3v) is 4.10. The van der Waals surface area contributed by atoms with Gasteiger partial charge in [0.1, 0.15) is 5.03 Å². The number of nitrogens with zero attached hydrogens (tertiary/aromatic N) is 1. The van der Waals surface area contributed by atoms with E-state index >= 15 is 0 Å². The molecule has 1 saturated carbocycles. The third-order valence-electron chi connectivity index (χ3n) is 3.35. The van der Waals surface area contributed by atoms with Crippen molar-refractivity contribution in [3.63, 3.8) is 0 Å². The highest BCUT2D eigenvalue weighted by Gasteiger charge is 2.34. The fraction of sp³-hybridized carbons (Fsp3) is 0.462. The molecule has 0 aromatic carbocycles. The first-order valence-electron chi connectivity index (χ1n) is 6.50. The number of hydrogen-bond donors (Lipinski definition) is 2. The molecule has 0 spiro atoms. The summed E-state index contributed by atoms with van der Waals surface area (Å²) in [5.41, 5.74) is -4.70. The molecule has 1 amide bonds. The summed E-state index contributed by atoms with van der Waals surface area (Å²) in [6.45, 7) is 0. The average molecular weight is 334 g/mol. The molecule has 0 bridgehead atoms. The molecule has 1 heterocycles. The van der Waals surface area contributed by atoms with Gasteiger partial charge in [-0.2, -0.15) is 13.2 Å². The van der Waals surface area contributed by atoms with Crippen LogP contribution in [0, 0.1) is 5.92 Å². The Hall–Kier alpha value is -1.77. The minimum atomic E-state index is -4.54. The molecule has 2 N–H and O–H groups in total. The topological polar surface area (TPSA) is 79.3 Å². The Morgan fingerprint density at radius 2 is 2.09 bits per heavy atom. The van der Waals surface area contributed by atoms with E-state index in [1.54, 1.807) is 0 Å². The molecule has 22 heavy (non-hydrogen) atoms. The number of halogens is 3. The van der Waals surface area contributed by atoms with E-state index in [1.165, 1.54) is 18.3 Å². The summed E-state index contributed by atoms with van der Waals surface area (Å²) in [5, 5.41) is 11.1. The van der Waals surface area contributed by atoms with E-state index in [0.717, 1.165) is 0 Å². The lowest BCUT2D eigenvalue weighted by atomic mass is 10.1. The highest BCUT2D eigenvalue weighted by atomic mass is 32.2. The Morgan fingerprint density at radius 1 is 1.36 bits per heavy atom. The van der Waals surface area contributed by atoms with Gasteiger partial charge in [-0.15, -0.1) is 0 Å². The van der Waals surface area contributed by atoms with Crippen LogP contribution in [0.2, 0.25) is 0 Å². The molecule has 2 atom stereocenters. The van der Waals surface area contributed by atoms with Crippen molar-refractivity contribution in [1.82, 2.24) is 10.3 Å². The Labute approximate surface area is 128 Å². The van der Waals surface area contributed by atoms with Crippen molar-refractivity contribution in [2.24, 2.45) is 5.92 Å². The summed E-state index contributed by atoms with van der Waals surface area (Å²) in [5.74, 6) is -2.12. The van der Waals surface area contributed by atoms with Crippen molar-refractivity contribution >= 4 is 23.6 Å². The normalized spacial score (nSPS) is 21.6. The fourth-order valence-corrected chi connectivity index (χ4v) is 2.96. The molecule has 1 aromatic rings. The first-order chi connectivity index (χ1) is 10.3. The summed E-state index contributed by atoms with van der Waals surface area (Å²) >= 11 is -0.447. The molecule has 120 valence electrons. The lowest BCUT2D eigenvalue weighted by molar-refractivity contribution is -0.141. The van der Waals surface area contributed by atoms with Gasteiger partial charge in [0.2, 0.25) is 0 Å². The van der Waals surface area contributed by atoms with Gasteiger partial charge in [-0.1, -0.05) is 0 Å². The van der Waals surface area contributed by atoms with E-state index in [1.807, 2.05) is 0 Å². The second kappa shape index (κ2) is 6.55. The van der Waals surface area contributed by atoms with Crippen molar-refractivity contribution in [2.75, 3.05) is 0 Å². The van der Waals surface area contributed by atoms with E-state index in [2.05, 4.69) is 10.3 Å². The Morgan fingerprint density at radius 3 is 2.68 bits per heavy atom. The zero-order valence-electron chi connectivity index (χ0n) is 11.3. The smallest absolute Gasteiger partial charge is 0.447 e. The quantitative estimate of drug-likeness (QED) is 0.828. The molecule has 0 aliphatic heterocycles. The Kier molecular flexibility index (Phi) is 4.94. The number of rotatable bonds is 4. The lowest BCUT2D eigenvalue weighted by Gasteiger charge is -2.14. The second-order valence-corrected chi connectivity index (χ2v) is 5.98. The maximum Gasteiger partial charge on any atom is 0.447 e. The zero-order valence-corrected chi connectivity index (χ0v) is 12.1. The van der Waals surface area contributed by atoms with Gasteiger partial charge in [0.05, 0.1) is 11.5 Å². The third kappa shape index (κ3) is 4.36. The van der Waals surface area contributed by atoms with Gasteiger partial charge in [0.15, 0.2) is 0 Å². The highest BCUT2D eigenvalue weighted by molar-refractivity contribution is 8.00. The van der Waals surface area contributed by atoms with Crippen molar-refractivity contribution in [3.05, 3.63) is 23.9 Å². The number of carboxylic acid groups (broad SMARTS) is 1. The molecule has 1 fully saturated rings. The molecule has 5 nitrogen and oxygen atoms in total. The first kappa shape index (κ1) is 16.6. The first-order valence-corrected chi connectivity index (χ1v) is 7.32. The molecular weight excluding hydrogens is 321 g/mol. The van der Waals surface area contributed by atoms with Crippen LogP contribution in [-0.4, -0.2) is 33.5 Å². The number of aromatic nitrogens is 1. The number of carbonyl (C=O) groups is 2. The maximum absolute atomic E-state index is 12.5. The summed E-state index contributed by atoms with van der Waals surface area (Å²) < 4.78 is 37.4. The molecule has 0 radical (unpaired) electrons. The largest absolute Gasteiger partial charge is 0.481 e. The highest BCUT2D eigenvalue weighted by Crippen LogP contribution is 2.37. The number of carboxylic acids is 1. The van der Waals surface area contributed by atoms with Gasteiger partial charge in [-0.3, -0.25) is 9.59 Å². The lowest BCUT2D eigenvalue weighted by Crippen LogP contribution is -2.33. The maximum atomic E-state index is 12.5. The van der Waals surface area contributed by atoms with Crippen molar-refractivity contribution < 1.29 is 27.9 Å².